The average molecular weight is 308 g/mol. The number of benzene rings is 1. The van der Waals surface area contributed by atoms with Gasteiger partial charge in [-0.3, -0.25) is 8.99 Å². The van der Waals surface area contributed by atoms with E-state index >= 15 is 0 Å². The van der Waals surface area contributed by atoms with Gasteiger partial charge in [-0.05, 0) is 31.5 Å². The molecule has 7 heteroatoms. The van der Waals surface area contributed by atoms with E-state index in [0.29, 0.717) is 23.6 Å². The summed E-state index contributed by atoms with van der Waals surface area (Å²) in [7, 11) is -0.359. The fourth-order valence-corrected chi connectivity index (χ4v) is 3.84. The van der Waals surface area contributed by atoms with Gasteiger partial charge < -0.3 is 5.73 Å². The zero-order valence-electron chi connectivity index (χ0n) is 12.7. The topological polar surface area (TPSA) is 81.2 Å². The largest absolute Gasteiger partial charge is 0.326 e. The second-order valence-corrected chi connectivity index (χ2v) is 6.87. The van der Waals surface area contributed by atoms with Gasteiger partial charge in [-0.25, -0.2) is 8.42 Å². The molecule has 0 fully saturated rings. The molecule has 21 heavy (non-hydrogen) atoms. The number of aryl methyl sites for hydroxylation is 2. The maximum atomic E-state index is 12.8. The molecule has 0 aliphatic heterocycles. The first-order valence-electron chi connectivity index (χ1n) is 6.57. The highest BCUT2D eigenvalue weighted by Gasteiger charge is 2.28. The van der Waals surface area contributed by atoms with E-state index in [2.05, 4.69) is 5.10 Å². The third kappa shape index (κ3) is 2.66. The summed E-state index contributed by atoms with van der Waals surface area (Å²) in [5.41, 5.74) is 8.23. The van der Waals surface area contributed by atoms with Crippen molar-refractivity contribution in [3.05, 3.63) is 41.2 Å². The van der Waals surface area contributed by atoms with Crippen molar-refractivity contribution in [3.8, 4) is 0 Å². The summed E-state index contributed by atoms with van der Waals surface area (Å²) in [4.78, 5) is 0.260. The van der Waals surface area contributed by atoms with Crippen molar-refractivity contribution in [1.29, 1.82) is 0 Å². The molecule has 0 amide bonds. The lowest BCUT2D eigenvalue weighted by Gasteiger charge is -2.20. The zero-order valence-corrected chi connectivity index (χ0v) is 13.5. The molecule has 0 bridgehead atoms. The van der Waals surface area contributed by atoms with E-state index in [0.717, 1.165) is 5.56 Å². The maximum Gasteiger partial charge on any atom is 0.267 e. The molecule has 114 valence electrons. The molecule has 0 spiro atoms. The van der Waals surface area contributed by atoms with Gasteiger partial charge in [0.1, 0.15) is 4.90 Å². The van der Waals surface area contributed by atoms with Crippen molar-refractivity contribution in [2.45, 2.75) is 25.3 Å². The van der Waals surface area contributed by atoms with Crippen molar-refractivity contribution >= 4 is 15.7 Å². The summed E-state index contributed by atoms with van der Waals surface area (Å²) in [6.45, 7) is 3.88. The lowest BCUT2D eigenvalue weighted by molar-refractivity contribution is 0.593. The summed E-state index contributed by atoms with van der Waals surface area (Å²) in [5.74, 6) is 0. The SMILES string of the molecule is Cc1nn(C)c(C)c1S(=O)(=O)N(C)c1ccc(CN)cc1. The molecule has 0 aliphatic carbocycles. The predicted octanol–water partition coefficient (Wildman–Crippen LogP) is 1.32. The minimum Gasteiger partial charge on any atom is -0.326 e. The standard InChI is InChI=1S/C14H20N4O2S/c1-10-14(11(2)17(3)16-10)21(19,20)18(4)13-7-5-12(9-15)6-8-13/h5-8H,9,15H2,1-4H3. The zero-order chi connectivity index (χ0) is 15.8. The van der Waals surface area contributed by atoms with Crippen LogP contribution in [-0.2, 0) is 23.6 Å². The van der Waals surface area contributed by atoms with Crippen LogP contribution >= 0.6 is 0 Å². The smallest absolute Gasteiger partial charge is 0.267 e. The third-order valence-corrected chi connectivity index (χ3v) is 5.64. The van der Waals surface area contributed by atoms with E-state index in [1.165, 1.54) is 4.31 Å². The molecule has 1 heterocycles. The van der Waals surface area contributed by atoms with Gasteiger partial charge in [0.2, 0.25) is 0 Å². The van der Waals surface area contributed by atoms with Crippen LogP contribution in [0, 0.1) is 13.8 Å². The molecular formula is C14H20N4O2S. The Hall–Kier alpha value is -1.86. The number of hydrogen-bond acceptors (Lipinski definition) is 4. The van der Waals surface area contributed by atoms with Crippen molar-refractivity contribution in [3.63, 3.8) is 0 Å². The quantitative estimate of drug-likeness (QED) is 0.923. The van der Waals surface area contributed by atoms with E-state index < -0.39 is 10.0 Å². The molecule has 2 aromatic rings. The first-order valence-corrected chi connectivity index (χ1v) is 8.01. The minimum atomic E-state index is -3.63. The molecule has 0 saturated carbocycles. The van der Waals surface area contributed by atoms with Gasteiger partial charge in [-0.15, -0.1) is 0 Å². The molecule has 1 aromatic carbocycles. The summed E-state index contributed by atoms with van der Waals surface area (Å²) in [6.07, 6.45) is 0. The highest BCUT2D eigenvalue weighted by Crippen LogP contribution is 2.26. The predicted molar refractivity (Wildman–Crippen MR) is 82.6 cm³/mol. The number of sulfonamides is 1. The second-order valence-electron chi connectivity index (χ2n) is 4.97. The van der Waals surface area contributed by atoms with Crippen LogP contribution in [0.5, 0.6) is 0 Å². The summed E-state index contributed by atoms with van der Waals surface area (Å²) < 4.78 is 28.4. The van der Waals surface area contributed by atoms with E-state index in [4.69, 9.17) is 5.73 Å². The maximum absolute atomic E-state index is 12.8. The monoisotopic (exact) mass is 308 g/mol. The van der Waals surface area contributed by atoms with Crippen LogP contribution in [0.25, 0.3) is 0 Å². The Labute approximate surface area is 125 Å². The fraction of sp³-hybridized carbons (Fsp3) is 0.357. The third-order valence-electron chi connectivity index (χ3n) is 3.60. The molecule has 6 nitrogen and oxygen atoms in total. The van der Waals surface area contributed by atoms with Crippen molar-refractivity contribution in [1.82, 2.24) is 9.78 Å². The summed E-state index contributed by atoms with van der Waals surface area (Å²) in [6, 6.07) is 7.15. The van der Waals surface area contributed by atoms with Gasteiger partial charge >= 0.3 is 0 Å². The van der Waals surface area contributed by atoms with E-state index in [1.807, 2.05) is 12.1 Å². The number of anilines is 1. The van der Waals surface area contributed by atoms with Crippen LogP contribution in [0.3, 0.4) is 0 Å². The van der Waals surface area contributed by atoms with Gasteiger partial charge in [0.25, 0.3) is 10.0 Å². The molecule has 2 rings (SSSR count). The average Bonchev–Trinajstić information content (AvgIpc) is 2.71. The highest BCUT2D eigenvalue weighted by atomic mass is 32.2. The Morgan fingerprint density at radius 1 is 1.24 bits per heavy atom. The van der Waals surface area contributed by atoms with Gasteiger partial charge in [0.05, 0.1) is 17.1 Å². The lowest BCUT2D eigenvalue weighted by atomic mass is 10.2. The van der Waals surface area contributed by atoms with Crippen LogP contribution in [-0.4, -0.2) is 25.2 Å². The highest BCUT2D eigenvalue weighted by molar-refractivity contribution is 7.92. The van der Waals surface area contributed by atoms with Gasteiger partial charge in [0, 0.05) is 20.6 Å². The molecule has 0 aliphatic rings. The Balaban J connectivity index is 2.47. The molecule has 0 radical (unpaired) electrons. The normalized spacial score (nSPS) is 11.7. The van der Waals surface area contributed by atoms with E-state index in [9.17, 15) is 8.42 Å². The molecule has 0 atom stereocenters. The van der Waals surface area contributed by atoms with Gasteiger partial charge in [-0.2, -0.15) is 5.10 Å². The van der Waals surface area contributed by atoms with Crippen LogP contribution < -0.4 is 10.0 Å². The molecular weight excluding hydrogens is 288 g/mol. The first-order chi connectivity index (χ1) is 9.78. The first kappa shape index (κ1) is 15.5. The van der Waals surface area contributed by atoms with Crippen LogP contribution in [0.15, 0.2) is 29.2 Å². The molecule has 2 N–H and O–H groups in total. The molecule has 0 saturated heterocycles. The van der Waals surface area contributed by atoms with Crippen molar-refractivity contribution in [2.75, 3.05) is 11.4 Å². The fourth-order valence-electron chi connectivity index (χ4n) is 2.25. The number of rotatable bonds is 4. The summed E-state index contributed by atoms with van der Waals surface area (Å²) in [5, 5.41) is 4.17. The summed E-state index contributed by atoms with van der Waals surface area (Å²) >= 11 is 0. The Morgan fingerprint density at radius 2 is 1.81 bits per heavy atom. The molecule has 1 aromatic heterocycles. The van der Waals surface area contributed by atoms with E-state index in [-0.39, 0.29) is 4.90 Å². The Bertz CT molecular complexity index is 748. The van der Waals surface area contributed by atoms with Crippen LogP contribution in [0.1, 0.15) is 17.0 Å². The number of nitrogens with zero attached hydrogens (tertiary/aromatic N) is 3. The van der Waals surface area contributed by atoms with Gasteiger partial charge in [-0.1, -0.05) is 12.1 Å². The number of aromatic nitrogens is 2. The second kappa shape index (κ2) is 5.50. The Kier molecular flexibility index (Phi) is 4.06. The van der Waals surface area contributed by atoms with Crippen LogP contribution in [0.4, 0.5) is 5.69 Å². The van der Waals surface area contributed by atoms with Gasteiger partial charge in [0.15, 0.2) is 0 Å². The number of nitrogens with two attached hydrogens (primary N) is 1. The lowest BCUT2D eigenvalue weighted by Crippen LogP contribution is -2.27. The number of hydrogen-bond donors (Lipinski definition) is 1. The van der Waals surface area contributed by atoms with Crippen molar-refractivity contribution in [2.24, 2.45) is 12.8 Å². The molecule has 0 unspecified atom stereocenters. The van der Waals surface area contributed by atoms with Crippen LogP contribution in [0.2, 0.25) is 0 Å². The van der Waals surface area contributed by atoms with Crippen molar-refractivity contribution < 1.29 is 8.42 Å². The van der Waals surface area contributed by atoms with E-state index in [1.54, 1.807) is 44.8 Å². The minimum absolute atomic E-state index is 0.260. The Morgan fingerprint density at radius 3 is 2.24 bits per heavy atom.